The van der Waals surface area contributed by atoms with Crippen LogP contribution in [-0.2, 0) is 14.4 Å². The summed E-state index contributed by atoms with van der Waals surface area (Å²) in [6.07, 6.45) is 0.268. The van der Waals surface area contributed by atoms with Gasteiger partial charge in [-0.3, -0.25) is 14.4 Å². The number of carbonyl (C=O) groups excluding carboxylic acids is 2. The van der Waals surface area contributed by atoms with Crippen molar-refractivity contribution in [3.63, 3.8) is 0 Å². The summed E-state index contributed by atoms with van der Waals surface area (Å²) >= 11 is 0.896. The molecule has 1 N–H and O–H groups in total. The molecule has 1 saturated heterocycles. The molecule has 0 bridgehead atoms. The first kappa shape index (κ1) is 8.26. The van der Waals surface area contributed by atoms with E-state index in [2.05, 4.69) is 0 Å². The molecule has 0 amide bonds. The molecule has 4 nitrogen and oxygen atoms in total. The molecule has 5 heteroatoms. The third-order valence-corrected chi connectivity index (χ3v) is 2.36. The Hall–Kier alpha value is -0.840. The molecule has 11 heavy (non-hydrogen) atoms. The summed E-state index contributed by atoms with van der Waals surface area (Å²) in [4.78, 5) is 31.8. The molecule has 0 spiro atoms. The zero-order valence-electron chi connectivity index (χ0n) is 5.57. The molecule has 60 valence electrons. The fourth-order valence-electron chi connectivity index (χ4n) is 0.850. The highest BCUT2D eigenvalue weighted by molar-refractivity contribution is 8.15. The number of hydrogen-bond acceptors (Lipinski definition) is 4. The van der Waals surface area contributed by atoms with Gasteiger partial charge in [0, 0.05) is 5.75 Å². The predicted molar refractivity (Wildman–Crippen MR) is 38.2 cm³/mol. The number of rotatable bonds is 1. The van der Waals surface area contributed by atoms with E-state index < -0.39 is 22.8 Å². The van der Waals surface area contributed by atoms with Crippen LogP contribution in [0, 0.1) is 5.92 Å². The molecule has 1 rings (SSSR count). The summed E-state index contributed by atoms with van der Waals surface area (Å²) < 4.78 is 0. The first-order valence-corrected chi connectivity index (χ1v) is 4.05. The van der Waals surface area contributed by atoms with Gasteiger partial charge in [-0.1, -0.05) is 11.8 Å². The lowest BCUT2D eigenvalue weighted by Crippen LogP contribution is -2.32. The number of Topliss-reactive ketones (excluding diaryl/α,β-unsaturated/α-hetero) is 1. The highest BCUT2D eigenvalue weighted by Gasteiger charge is 2.35. The number of ketones is 1. The van der Waals surface area contributed by atoms with Crippen LogP contribution in [0.4, 0.5) is 0 Å². The third-order valence-electron chi connectivity index (χ3n) is 1.46. The Morgan fingerprint density at radius 2 is 2.18 bits per heavy atom. The number of hydrogen-bond donors (Lipinski definition) is 1. The van der Waals surface area contributed by atoms with Crippen molar-refractivity contribution in [1.29, 1.82) is 0 Å². The highest BCUT2D eigenvalue weighted by Crippen LogP contribution is 2.21. The van der Waals surface area contributed by atoms with E-state index in [4.69, 9.17) is 5.11 Å². The largest absolute Gasteiger partial charge is 0.481 e. The molecular weight excluding hydrogens is 168 g/mol. The highest BCUT2D eigenvalue weighted by atomic mass is 32.2. The molecular formula is C6H6O4S. The number of thioether (sulfide) groups is 1. The standard InChI is InChI=1S/C6H6O4S/c7-4-3(5(8)9)1-2-11-6(4)10/h3H,1-2H2,(H,8,9). The van der Waals surface area contributed by atoms with Crippen LogP contribution < -0.4 is 0 Å². The minimum atomic E-state index is -1.19. The van der Waals surface area contributed by atoms with Crippen molar-refractivity contribution in [2.45, 2.75) is 6.42 Å². The Labute approximate surface area is 67.0 Å². The third kappa shape index (κ3) is 1.59. The zero-order chi connectivity index (χ0) is 8.43. The second-order valence-electron chi connectivity index (χ2n) is 2.18. The minimum absolute atomic E-state index is 0.268. The van der Waals surface area contributed by atoms with Gasteiger partial charge in [-0.05, 0) is 6.42 Å². The molecule has 1 heterocycles. The molecule has 0 saturated carbocycles. The van der Waals surface area contributed by atoms with Gasteiger partial charge in [0.25, 0.3) is 5.12 Å². The molecule has 1 aliphatic rings. The Balaban J connectivity index is 2.74. The fraction of sp³-hybridized carbons (Fsp3) is 0.500. The van der Waals surface area contributed by atoms with Crippen molar-refractivity contribution in [2.24, 2.45) is 5.92 Å². The van der Waals surface area contributed by atoms with Gasteiger partial charge in [-0.2, -0.15) is 0 Å². The van der Waals surface area contributed by atoms with Crippen LogP contribution in [-0.4, -0.2) is 27.7 Å². The summed E-state index contributed by atoms with van der Waals surface area (Å²) in [6, 6.07) is 0. The van der Waals surface area contributed by atoms with Crippen LogP contribution in [0.25, 0.3) is 0 Å². The maximum atomic E-state index is 10.8. The Kier molecular flexibility index (Phi) is 2.28. The van der Waals surface area contributed by atoms with E-state index >= 15 is 0 Å². The van der Waals surface area contributed by atoms with E-state index in [9.17, 15) is 14.4 Å². The molecule has 0 aromatic heterocycles. The van der Waals surface area contributed by atoms with Crippen molar-refractivity contribution in [3.05, 3.63) is 0 Å². The van der Waals surface area contributed by atoms with E-state index in [0.29, 0.717) is 5.75 Å². The first-order valence-electron chi connectivity index (χ1n) is 3.06. The Morgan fingerprint density at radius 1 is 1.55 bits per heavy atom. The topological polar surface area (TPSA) is 71.4 Å². The Morgan fingerprint density at radius 3 is 2.64 bits per heavy atom. The molecule has 1 fully saturated rings. The van der Waals surface area contributed by atoms with Crippen LogP contribution in [0.15, 0.2) is 0 Å². The normalized spacial score (nSPS) is 25.3. The van der Waals surface area contributed by atoms with Gasteiger partial charge < -0.3 is 5.11 Å². The summed E-state index contributed by atoms with van der Waals surface area (Å²) in [5.74, 6) is -2.62. The smallest absolute Gasteiger partial charge is 0.314 e. The van der Waals surface area contributed by atoms with Crippen molar-refractivity contribution in [3.8, 4) is 0 Å². The molecule has 0 aromatic carbocycles. The summed E-state index contributed by atoms with van der Waals surface area (Å²) in [7, 11) is 0. The lowest BCUT2D eigenvalue weighted by atomic mass is 10.0. The average Bonchev–Trinajstić information content (AvgIpc) is 1.94. The monoisotopic (exact) mass is 174 g/mol. The fourth-order valence-corrected chi connectivity index (χ4v) is 1.67. The first-order chi connectivity index (χ1) is 5.13. The van der Waals surface area contributed by atoms with Gasteiger partial charge in [-0.25, -0.2) is 0 Å². The van der Waals surface area contributed by atoms with Crippen LogP contribution in [0.5, 0.6) is 0 Å². The van der Waals surface area contributed by atoms with Crippen molar-refractivity contribution in [1.82, 2.24) is 0 Å². The second-order valence-corrected chi connectivity index (χ2v) is 3.25. The summed E-state index contributed by atoms with van der Waals surface area (Å²) in [6.45, 7) is 0. The van der Waals surface area contributed by atoms with E-state index in [1.807, 2.05) is 0 Å². The summed E-state index contributed by atoms with van der Waals surface area (Å²) in [5.41, 5.74) is 0. The maximum Gasteiger partial charge on any atom is 0.314 e. The van der Waals surface area contributed by atoms with Crippen molar-refractivity contribution >= 4 is 28.6 Å². The Bertz CT molecular complexity index is 223. The van der Waals surface area contributed by atoms with E-state index in [-0.39, 0.29) is 6.42 Å². The van der Waals surface area contributed by atoms with Gasteiger partial charge in [0.05, 0.1) is 0 Å². The van der Waals surface area contributed by atoms with Crippen LogP contribution in [0.1, 0.15) is 6.42 Å². The summed E-state index contributed by atoms with van der Waals surface area (Å²) in [5, 5.41) is 7.82. The van der Waals surface area contributed by atoms with Gasteiger partial charge in [-0.15, -0.1) is 0 Å². The van der Waals surface area contributed by atoms with Crippen LogP contribution in [0.3, 0.4) is 0 Å². The predicted octanol–water partition coefficient (Wildman–Crippen LogP) is -0.0802. The second kappa shape index (κ2) is 3.04. The minimum Gasteiger partial charge on any atom is -0.481 e. The van der Waals surface area contributed by atoms with Crippen molar-refractivity contribution in [2.75, 3.05) is 5.75 Å². The number of carboxylic acids is 1. The van der Waals surface area contributed by atoms with Crippen LogP contribution >= 0.6 is 11.8 Å². The van der Waals surface area contributed by atoms with E-state index in [1.165, 1.54) is 0 Å². The maximum absolute atomic E-state index is 10.8. The molecule has 1 atom stereocenters. The molecule has 0 aromatic rings. The molecule has 0 radical (unpaired) electrons. The lowest BCUT2D eigenvalue weighted by molar-refractivity contribution is -0.149. The average molecular weight is 174 g/mol. The quantitative estimate of drug-likeness (QED) is 0.444. The number of carbonyl (C=O) groups is 3. The van der Waals surface area contributed by atoms with Gasteiger partial charge in [0.2, 0.25) is 5.78 Å². The molecule has 1 unspecified atom stereocenters. The van der Waals surface area contributed by atoms with Crippen LogP contribution in [0.2, 0.25) is 0 Å². The van der Waals surface area contributed by atoms with Gasteiger partial charge in [0.15, 0.2) is 0 Å². The van der Waals surface area contributed by atoms with Gasteiger partial charge >= 0.3 is 5.97 Å². The van der Waals surface area contributed by atoms with Gasteiger partial charge in [0.1, 0.15) is 5.92 Å². The van der Waals surface area contributed by atoms with E-state index in [0.717, 1.165) is 11.8 Å². The van der Waals surface area contributed by atoms with Crippen molar-refractivity contribution < 1.29 is 19.5 Å². The zero-order valence-corrected chi connectivity index (χ0v) is 6.39. The lowest BCUT2D eigenvalue weighted by Gasteiger charge is -2.13. The molecule has 0 aliphatic carbocycles. The number of aliphatic carboxylic acids is 1. The molecule has 1 aliphatic heterocycles. The van der Waals surface area contributed by atoms with E-state index in [1.54, 1.807) is 0 Å². The SMILES string of the molecule is O=C1SCCC(C(=O)O)C1=O. The number of carboxylic acid groups (broad SMARTS) is 1.